The number of carbonyl (C=O) groups excluding carboxylic acids is 2. The number of benzene rings is 2. The predicted octanol–water partition coefficient (Wildman–Crippen LogP) is 4.58. The summed E-state index contributed by atoms with van der Waals surface area (Å²) in [6, 6.07) is 15.0. The lowest BCUT2D eigenvalue weighted by molar-refractivity contribution is -0.141. The van der Waals surface area contributed by atoms with Crippen LogP contribution in [0, 0.1) is 6.92 Å². The first-order valence-corrected chi connectivity index (χ1v) is 15.2. The molecule has 0 aliphatic heterocycles. The van der Waals surface area contributed by atoms with Crippen molar-refractivity contribution in [2.24, 2.45) is 0 Å². The highest BCUT2D eigenvalue weighted by atomic mass is 32.2. The lowest BCUT2D eigenvalue weighted by Crippen LogP contribution is -2.49. The van der Waals surface area contributed by atoms with Gasteiger partial charge in [-0.3, -0.25) is 13.9 Å². The SMILES string of the molecule is CCc1ccc(N(CCCC(=O)N(Cc2ccc(C)cc2)[C@@H](C)C(=O)NC2CCCC2)S(C)(=O)=O)cc1. The number of amides is 2. The molecule has 1 atom stereocenters. The Bertz CT molecular complexity index is 1140. The van der Waals surface area contributed by atoms with Gasteiger partial charge in [-0.2, -0.15) is 0 Å². The molecule has 0 bridgehead atoms. The summed E-state index contributed by atoms with van der Waals surface area (Å²) in [5, 5.41) is 3.11. The van der Waals surface area contributed by atoms with Crippen LogP contribution in [0.15, 0.2) is 48.5 Å². The highest BCUT2D eigenvalue weighted by molar-refractivity contribution is 7.92. The average molecular weight is 528 g/mol. The highest BCUT2D eigenvalue weighted by Crippen LogP contribution is 2.21. The molecule has 202 valence electrons. The van der Waals surface area contributed by atoms with E-state index >= 15 is 0 Å². The Kier molecular flexibility index (Phi) is 10.1. The summed E-state index contributed by atoms with van der Waals surface area (Å²) in [5.41, 5.74) is 3.80. The summed E-state index contributed by atoms with van der Waals surface area (Å²) < 4.78 is 26.4. The van der Waals surface area contributed by atoms with Crippen molar-refractivity contribution < 1.29 is 18.0 Å². The molecule has 1 saturated carbocycles. The fraction of sp³-hybridized carbons (Fsp3) is 0.517. The molecule has 1 fully saturated rings. The third-order valence-electron chi connectivity index (χ3n) is 7.13. The normalized spacial score (nSPS) is 14.8. The molecular weight excluding hydrogens is 486 g/mol. The molecule has 2 amide bonds. The van der Waals surface area contributed by atoms with Crippen molar-refractivity contribution in [3.63, 3.8) is 0 Å². The van der Waals surface area contributed by atoms with Gasteiger partial charge in [-0.05, 0) is 62.8 Å². The van der Waals surface area contributed by atoms with Crippen molar-refractivity contribution in [3.05, 3.63) is 65.2 Å². The molecule has 1 N–H and O–H groups in total. The Morgan fingerprint density at radius 3 is 2.16 bits per heavy atom. The van der Waals surface area contributed by atoms with Gasteiger partial charge in [0.15, 0.2) is 0 Å². The average Bonchev–Trinajstić information content (AvgIpc) is 3.38. The summed E-state index contributed by atoms with van der Waals surface area (Å²) >= 11 is 0. The highest BCUT2D eigenvalue weighted by Gasteiger charge is 2.28. The van der Waals surface area contributed by atoms with Crippen LogP contribution in [0.2, 0.25) is 0 Å². The van der Waals surface area contributed by atoms with E-state index in [1.54, 1.807) is 24.0 Å². The largest absolute Gasteiger partial charge is 0.352 e. The molecule has 2 aromatic rings. The second-order valence-corrected chi connectivity index (χ2v) is 12.0. The first-order chi connectivity index (χ1) is 17.6. The van der Waals surface area contributed by atoms with Crippen LogP contribution < -0.4 is 9.62 Å². The number of nitrogens with zero attached hydrogens (tertiary/aromatic N) is 2. The van der Waals surface area contributed by atoms with Gasteiger partial charge in [0.25, 0.3) is 0 Å². The van der Waals surface area contributed by atoms with Gasteiger partial charge in [-0.25, -0.2) is 8.42 Å². The Labute approximate surface area is 222 Å². The molecule has 0 radical (unpaired) electrons. The van der Waals surface area contributed by atoms with Crippen molar-refractivity contribution in [2.75, 3.05) is 17.1 Å². The smallest absolute Gasteiger partial charge is 0.242 e. The first-order valence-electron chi connectivity index (χ1n) is 13.3. The van der Waals surface area contributed by atoms with Gasteiger partial charge in [-0.1, -0.05) is 61.7 Å². The van der Waals surface area contributed by atoms with E-state index in [4.69, 9.17) is 0 Å². The minimum absolute atomic E-state index is 0.138. The molecule has 7 nitrogen and oxygen atoms in total. The van der Waals surface area contributed by atoms with E-state index in [1.807, 2.05) is 50.2 Å². The number of rotatable bonds is 12. The fourth-order valence-corrected chi connectivity index (χ4v) is 5.73. The van der Waals surface area contributed by atoms with E-state index in [9.17, 15) is 18.0 Å². The van der Waals surface area contributed by atoms with Gasteiger partial charge >= 0.3 is 0 Å². The van der Waals surface area contributed by atoms with E-state index in [2.05, 4.69) is 5.32 Å². The minimum atomic E-state index is -3.51. The van der Waals surface area contributed by atoms with Gasteiger partial charge in [0, 0.05) is 25.6 Å². The van der Waals surface area contributed by atoms with Crippen molar-refractivity contribution in [2.45, 2.75) is 84.3 Å². The van der Waals surface area contributed by atoms with Gasteiger partial charge in [0.2, 0.25) is 21.8 Å². The molecule has 2 aromatic carbocycles. The van der Waals surface area contributed by atoms with Crippen molar-refractivity contribution in [1.82, 2.24) is 10.2 Å². The van der Waals surface area contributed by atoms with Crippen molar-refractivity contribution in [1.29, 1.82) is 0 Å². The second-order valence-electron chi connectivity index (χ2n) is 10.1. The van der Waals surface area contributed by atoms with Gasteiger partial charge in [0.1, 0.15) is 6.04 Å². The van der Waals surface area contributed by atoms with Crippen LogP contribution in [-0.4, -0.2) is 50.0 Å². The maximum absolute atomic E-state index is 13.4. The summed E-state index contributed by atoms with van der Waals surface area (Å²) in [6.45, 7) is 6.35. The van der Waals surface area contributed by atoms with Gasteiger partial charge in [0.05, 0.1) is 11.9 Å². The zero-order valence-electron chi connectivity index (χ0n) is 22.6. The Morgan fingerprint density at radius 2 is 1.59 bits per heavy atom. The van der Waals surface area contributed by atoms with Gasteiger partial charge < -0.3 is 10.2 Å². The van der Waals surface area contributed by atoms with Crippen LogP contribution in [0.5, 0.6) is 0 Å². The number of anilines is 1. The number of carbonyl (C=O) groups is 2. The van der Waals surface area contributed by atoms with Crippen LogP contribution in [0.25, 0.3) is 0 Å². The zero-order chi connectivity index (χ0) is 27.0. The molecule has 0 unspecified atom stereocenters. The number of sulfonamides is 1. The Hall–Kier alpha value is -2.87. The van der Waals surface area contributed by atoms with Crippen LogP contribution in [0.3, 0.4) is 0 Å². The van der Waals surface area contributed by atoms with E-state index < -0.39 is 16.1 Å². The Morgan fingerprint density at radius 1 is 1.00 bits per heavy atom. The number of hydrogen-bond donors (Lipinski definition) is 1. The molecule has 37 heavy (non-hydrogen) atoms. The summed E-state index contributed by atoms with van der Waals surface area (Å²) in [7, 11) is -3.51. The Balaban J connectivity index is 1.70. The molecule has 0 heterocycles. The zero-order valence-corrected chi connectivity index (χ0v) is 23.4. The first kappa shape index (κ1) is 28.7. The van der Waals surface area contributed by atoms with Crippen LogP contribution >= 0.6 is 0 Å². The lowest BCUT2D eigenvalue weighted by Gasteiger charge is -2.30. The van der Waals surface area contributed by atoms with Crippen LogP contribution in [0.4, 0.5) is 5.69 Å². The van der Waals surface area contributed by atoms with Crippen LogP contribution in [0.1, 0.15) is 69.1 Å². The molecule has 3 rings (SSSR count). The number of hydrogen-bond acceptors (Lipinski definition) is 4. The third kappa shape index (κ3) is 8.32. The van der Waals surface area contributed by atoms with Crippen LogP contribution in [-0.2, 0) is 32.6 Å². The van der Waals surface area contributed by atoms with E-state index in [0.29, 0.717) is 18.7 Å². The summed E-state index contributed by atoms with van der Waals surface area (Å²) in [6.07, 6.45) is 6.73. The van der Waals surface area contributed by atoms with Gasteiger partial charge in [-0.15, -0.1) is 0 Å². The maximum Gasteiger partial charge on any atom is 0.242 e. The summed E-state index contributed by atoms with van der Waals surface area (Å²) in [5.74, 6) is -0.300. The molecule has 8 heteroatoms. The molecular formula is C29H41N3O4S. The quantitative estimate of drug-likeness (QED) is 0.438. The lowest BCUT2D eigenvalue weighted by atomic mass is 10.1. The molecule has 0 aromatic heterocycles. The predicted molar refractivity (Wildman–Crippen MR) is 149 cm³/mol. The fourth-order valence-electron chi connectivity index (χ4n) is 4.77. The number of aryl methyl sites for hydroxylation is 2. The van der Waals surface area contributed by atoms with Crippen molar-refractivity contribution in [3.8, 4) is 0 Å². The molecule has 1 aliphatic carbocycles. The molecule has 0 saturated heterocycles. The van der Waals surface area contributed by atoms with E-state index in [-0.39, 0.29) is 30.8 Å². The van der Waals surface area contributed by atoms with E-state index in [0.717, 1.165) is 48.8 Å². The third-order valence-corrected chi connectivity index (χ3v) is 8.32. The van der Waals surface area contributed by atoms with E-state index in [1.165, 1.54) is 10.6 Å². The monoisotopic (exact) mass is 527 g/mol. The maximum atomic E-state index is 13.4. The summed E-state index contributed by atoms with van der Waals surface area (Å²) in [4.78, 5) is 28.1. The minimum Gasteiger partial charge on any atom is -0.352 e. The standard InChI is InChI=1S/C29H41N3O4S/c1-5-24-16-18-27(19-17-24)32(37(4,35)36)20-8-11-28(33)31(21-25-14-12-22(2)13-15-25)23(3)29(34)30-26-9-6-7-10-26/h12-19,23,26H,5-11,20-21H2,1-4H3,(H,30,34)/t23-/m0/s1. The van der Waals surface area contributed by atoms with Crippen molar-refractivity contribution >= 4 is 27.5 Å². The second kappa shape index (κ2) is 13.1. The molecule has 0 spiro atoms. The topological polar surface area (TPSA) is 86.8 Å². The molecule has 1 aliphatic rings. The number of nitrogens with one attached hydrogen (secondary N) is 1.